The number of carbonyl (C=O) groups excluding carboxylic acids is 2. The Morgan fingerprint density at radius 2 is 1.96 bits per heavy atom. The number of ether oxygens (including phenoxy) is 1. The molecule has 2 atom stereocenters. The third-order valence-electron chi connectivity index (χ3n) is 4.03. The van der Waals surface area contributed by atoms with Gasteiger partial charge in [0.05, 0.1) is 18.4 Å². The predicted octanol–water partition coefficient (Wildman–Crippen LogP) is 2.32. The van der Waals surface area contributed by atoms with Gasteiger partial charge in [-0.3, -0.25) is 9.59 Å². The molecule has 1 aliphatic rings. The highest BCUT2D eigenvalue weighted by molar-refractivity contribution is 5.96. The van der Waals surface area contributed by atoms with Gasteiger partial charge in [0.25, 0.3) is 0 Å². The third kappa shape index (κ3) is 4.09. The molecule has 0 aromatic heterocycles. The van der Waals surface area contributed by atoms with Crippen LogP contribution in [-0.4, -0.2) is 40.6 Å². The van der Waals surface area contributed by atoms with Gasteiger partial charge >= 0.3 is 12.1 Å². The molecule has 124 valence electrons. The van der Waals surface area contributed by atoms with Gasteiger partial charge in [0.2, 0.25) is 5.91 Å². The molecule has 0 saturated carbocycles. The van der Waals surface area contributed by atoms with Crippen LogP contribution in [0, 0.1) is 11.8 Å². The number of carboxylic acids is 1. The molecule has 1 heterocycles. The van der Waals surface area contributed by atoms with E-state index in [4.69, 9.17) is 9.84 Å². The zero-order valence-corrected chi connectivity index (χ0v) is 13.3. The lowest BCUT2D eigenvalue weighted by Crippen LogP contribution is -2.45. The van der Waals surface area contributed by atoms with Crippen LogP contribution in [-0.2, 0) is 20.7 Å². The first-order valence-electron chi connectivity index (χ1n) is 7.65. The maximum Gasteiger partial charge on any atom is 0.416 e. The smallest absolute Gasteiger partial charge is 0.416 e. The molecule has 1 aromatic carbocycles. The number of carbonyl (C=O) groups is 3. The molecular formula is C17H21NO5. The summed E-state index contributed by atoms with van der Waals surface area (Å²) in [4.78, 5) is 36.8. The minimum absolute atomic E-state index is 0.136. The number of hydrogen-bond donors (Lipinski definition) is 1. The van der Waals surface area contributed by atoms with Gasteiger partial charge in [-0.15, -0.1) is 0 Å². The van der Waals surface area contributed by atoms with Gasteiger partial charge in [0.1, 0.15) is 6.61 Å². The minimum Gasteiger partial charge on any atom is -0.481 e. The highest BCUT2D eigenvalue weighted by Gasteiger charge is 2.42. The van der Waals surface area contributed by atoms with Crippen LogP contribution in [0.5, 0.6) is 0 Å². The number of benzene rings is 1. The van der Waals surface area contributed by atoms with Crippen LogP contribution in [0.3, 0.4) is 0 Å². The summed E-state index contributed by atoms with van der Waals surface area (Å²) in [6, 6.07) is 9.11. The molecule has 1 aromatic rings. The van der Waals surface area contributed by atoms with E-state index in [1.54, 1.807) is 13.8 Å². The lowest BCUT2D eigenvalue weighted by atomic mass is 9.90. The molecule has 1 saturated heterocycles. The van der Waals surface area contributed by atoms with Crippen LogP contribution in [0.4, 0.5) is 4.79 Å². The summed E-state index contributed by atoms with van der Waals surface area (Å²) in [7, 11) is 0. The lowest BCUT2D eigenvalue weighted by molar-refractivity contribution is -0.145. The number of carboxylic acid groups (broad SMARTS) is 1. The zero-order valence-electron chi connectivity index (χ0n) is 13.3. The van der Waals surface area contributed by atoms with Crippen LogP contribution in [0.15, 0.2) is 30.3 Å². The quantitative estimate of drug-likeness (QED) is 0.870. The van der Waals surface area contributed by atoms with E-state index in [1.165, 1.54) is 0 Å². The first-order valence-corrected chi connectivity index (χ1v) is 7.65. The SMILES string of the molecule is CC(C)[C@@H](CC(=O)O)C(=O)N1C(=O)OC[C@H]1Cc1ccccc1. The van der Waals surface area contributed by atoms with E-state index in [-0.39, 0.29) is 18.9 Å². The van der Waals surface area contributed by atoms with E-state index >= 15 is 0 Å². The van der Waals surface area contributed by atoms with Crippen LogP contribution in [0.1, 0.15) is 25.8 Å². The Balaban J connectivity index is 2.17. The Bertz CT molecular complexity index is 584. The van der Waals surface area contributed by atoms with Crippen LogP contribution < -0.4 is 0 Å². The summed E-state index contributed by atoms with van der Waals surface area (Å²) in [5.74, 6) is -2.43. The van der Waals surface area contributed by atoms with E-state index in [0.717, 1.165) is 10.5 Å². The van der Waals surface area contributed by atoms with Gasteiger partial charge in [-0.2, -0.15) is 0 Å². The first kappa shape index (κ1) is 17.0. The Kier molecular flexibility index (Phi) is 5.36. The molecule has 2 rings (SSSR count). The van der Waals surface area contributed by atoms with Crippen molar-refractivity contribution in [2.75, 3.05) is 6.61 Å². The summed E-state index contributed by atoms with van der Waals surface area (Å²) in [6.45, 7) is 3.69. The van der Waals surface area contributed by atoms with Crippen molar-refractivity contribution in [3.8, 4) is 0 Å². The van der Waals surface area contributed by atoms with Gasteiger partial charge in [0, 0.05) is 0 Å². The fourth-order valence-corrected chi connectivity index (χ4v) is 2.74. The van der Waals surface area contributed by atoms with Gasteiger partial charge in [0.15, 0.2) is 0 Å². The highest BCUT2D eigenvalue weighted by atomic mass is 16.6. The summed E-state index contributed by atoms with van der Waals surface area (Å²) in [5, 5.41) is 9.00. The van der Waals surface area contributed by atoms with Crippen molar-refractivity contribution >= 4 is 18.0 Å². The van der Waals surface area contributed by atoms with Crippen molar-refractivity contribution in [3.63, 3.8) is 0 Å². The maximum atomic E-state index is 12.7. The van der Waals surface area contributed by atoms with E-state index < -0.39 is 29.9 Å². The standard InChI is InChI=1S/C17H21NO5/c1-11(2)14(9-15(19)20)16(21)18-13(10-23-17(18)22)8-12-6-4-3-5-7-12/h3-7,11,13-14H,8-10H2,1-2H3,(H,19,20)/t13-,14-/m1/s1. The van der Waals surface area contributed by atoms with Gasteiger partial charge < -0.3 is 9.84 Å². The van der Waals surface area contributed by atoms with E-state index in [9.17, 15) is 14.4 Å². The molecule has 0 bridgehead atoms. The van der Waals surface area contributed by atoms with Gasteiger partial charge in [-0.05, 0) is 17.9 Å². The Morgan fingerprint density at radius 1 is 1.30 bits per heavy atom. The maximum absolute atomic E-state index is 12.7. The molecule has 1 aliphatic heterocycles. The second-order valence-corrected chi connectivity index (χ2v) is 6.08. The van der Waals surface area contributed by atoms with Crippen molar-refractivity contribution in [2.45, 2.75) is 32.7 Å². The molecule has 1 N–H and O–H groups in total. The minimum atomic E-state index is -1.05. The first-order chi connectivity index (χ1) is 10.9. The summed E-state index contributed by atoms with van der Waals surface area (Å²) in [5.41, 5.74) is 0.993. The average molecular weight is 319 g/mol. The molecule has 6 nitrogen and oxygen atoms in total. The molecule has 0 radical (unpaired) electrons. The zero-order chi connectivity index (χ0) is 17.0. The Hall–Kier alpha value is -2.37. The van der Waals surface area contributed by atoms with Crippen molar-refractivity contribution in [2.24, 2.45) is 11.8 Å². The second-order valence-electron chi connectivity index (χ2n) is 6.08. The van der Waals surface area contributed by atoms with Gasteiger partial charge in [-0.25, -0.2) is 9.69 Å². The molecule has 23 heavy (non-hydrogen) atoms. The fourth-order valence-electron chi connectivity index (χ4n) is 2.74. The molecule has 0 aliphatic carbocycles. The van der Waals surface area contributed by atoms with Crippen LogP contribution >= 0.6 is 0 Å². The van der Waals surface area contributed by atoms with Crippen molar-refractivity contribution in [1.29, 1.82) is 0 Å². The molecular weight excluding hydrogens is 298 g/mol. The number of rotatable bonds is 6. The molecule has 0 unspecified atom stereocenters. The number of aliphatic carboxylic acids is 1. The number of cyclic esters (lactones) is 1. The molecule has 2 amide bonds. The number of amides is 2. The Morgan fingerprint density at radius 3 is 2.52 bits per heavy atom. The topological polar surface area (TPSA) is 83.9 Å². The predicted molar refractivity (Wildman–Crippen MR) is 82.7 cm³/mol. The summed E-state index contributed by atoms with van der Waals surface area (Å²) >= 11 is 0. The van der Waals surface area contributed by atoms with E-state index in [0.29, 0.717) is 6.42 Å². The largest absolute Gasteiger partial charge is 0.481 e. The Labute approximate surface area is 135 Å². The highest BCUT2D eigenvalue weighted by Crippen LogP contribution is 2.25. The average Bonchev–Trinajstić information content (AvgIpc) is 2.85. The van der Waals surface area contributed by atoms with Crippen molar-refractivity contribution < 1.29 is 24.2 Å². The summed E-state index contributed by atoms with van der Waals surface area (Å²) < 4.78 is 5.03. The normalized spacial score (nSPS) is 18.8. The van der Waals surface area contributed by atoms with Crippen LogP contribution in [0.25, 0.3) is 0 Å². The van der Waals surface area contributed by atoms with E-state index in [1.807, 2.05) is 30.3 Å². The molecule has 0 spiro atoms. The fraction of sp³-hybridized carbons (Fsp3) is 0.471. The lowest BCUT2D eigenvalue weighted by Gasteiger charge is -2.26. The molecule has 1 fully saturated rings. The van der Waals surface area contributed by atoms with E-state index in [2.05, 4.69) is 0 Å². The molecule has 6 heteroatoms. The van der Waals surface area contributed by atoms with Crippen molar-refractivity contribution in [1.82, 2.24) is 4.90 Å². The third-order valence-corrected chi connectivity index (χ3v) is 4.03. The van der Waals surface area contributed by atoms with Crippen LogP contribution in [0.2, 0.25) is 0 Å². The monoisotopic (exact) mass is 319 g/mol. The van der Waals surface area contributed by atoms with Gasteiger partial charge in [-0.1, -0.05) is 44.2 Å². The number of imide groups is 1. The number of nitrogens with zero attached hydrogens (tertiary/aromatic N) is 1. The number of hydrogen-bond acceptors (Lipinski definition) is 4. The summed E-state index contributed by atoms with van der Waals surface area (Å²) in [6.07, 6.45) is -0.485. The second kappa shape index (κ2) is 7.26. The van der Waals surface area contributed by atoms with Crippen molar-refractivity contribution in [3.05, 3.63) is 35.9 Å².